The standard InChI is InChI=1S/C17H17ClN2O2S/c1-11(21)20-8-7-12-9-13(3-5-15(12)20)17(22)19(2)10-14-4-6-16(18)23-14/h3-6,9H,7-8,10H2,1-2H3. The Morgan fingerprint density at radius 2 is 2.09 bits per heavy atom. The summed E-state index contributed by atoms with van der Waals surface area (Å²) in [7, 11) is 1.78. The van der Waals surface area contributed by atoms with Crippen molar-refractivity contribution in [1.82, 2.24) is 4.90 Å². The van der Waals surface area contributed by atoms with E-state index >= 15 is 0 Å². The molecule has 1 aliphatic heterocycles. The summed E-state index contributed by atoms with van der Waals surface area (Å²) >= 11 is 7.41. The Bertz CT molecular complexity index is 772. The lowest BCUT2D eigenvalue weighted by Crippen LogP contribution is -2.26. The molecule has 3 rings (SSSR count). The van der Waals surface area contributed by atoms with E-state index in [0.29, 0.717) is 18.7 Å². The highest BCUT2D eigenvalue weighted by atomic mass is 35.5. The van der Waals surface area contributed by atoms with E-state index in [1.165, 1.54) is 11.3 Å². The molecule has 0 unspecified atom stereocenters. The van der Waals surface area contributed by atoms with Crippen LogP contribution in [0.4, 0.5) is 5.69 Å². The maximum atomic E-state index is 12.6. The molecule has 120 valence electrons. The van der Waals surface area contributed by atoms with Gasteiger partial charge in [0, 0.05) is 36.6 Å². The first-order valence-electron chi connectivity index (χ1n) is 7.36. The molecule has 0 saturated carbocycles. The minimum Gasteiger partial charge on any atom is -0.337 e. The topological polar surface area (TPSA) is 40.6 Å². The molecule has 0 spiro atoms. The van der Waals surface area contributed by atoms with Crippen LogP contribution in [0.15, 0.2) is 30.3 Å². The molecule has 6 heteroatoms. The molecule has 0 saturated heterocycles. The lowest BCUT2D eigenvalue weighted by atomic mass is 10.1. The van der Waals surface area contributed by atoms with Crippen molar-refractivity contribution in [3.05, 3.63) is 50.7 Å². The number of benzene rings is 1. The van der Waals surface area contributed by atoms with Crippen molar-refractivity contribution in [2.75, 3.05) is 18.5 Å². The number of amides is 2. The third kappa shape index (κ3) is 3.26. The number of nitrogens with zero attached hydrogens (tertiary/aromatic N) is 2. The number of hydrogen-bond acceptors (Lipinski definition) is 3. The summed E-state index contributed by atoms with van der Waals surface area (Å²) < 4.78 is 0.725. The van der Waals surface area contributed by atoms with Crippen LogP contribution in [0.3, 0.4) is 0 Å². The van der Waals surface area contributed by atoms with Crippen molar-refractivity contribution in [2.45, 2.75) is 19.9 Å². The predicted molar refractivity (Wildman–Crippen MR) is 93.3 cm³/mol. The van der Waals surface area contributed by atoms with Gasteiger partial charge in [-0.15, -0.1) is 11.3 Å². The van der Waals surface area contributed by atoms with E-state index in [-0.39, 0.29) is 11.8 Å². The van der Waals surface area contributed by atoms with Crippen LogP contribution in [0, 0.1) is 0 Å². The Labute approximate surface area is 144 Å². The summed E-state index contributed by atoms with van der Waals surface area (Å²) in [6.45, 7) is 2.78. The van der Waals surface area contributed by atoms with Crippen molar-refractivity contribution in [3.63, 3.8) is 0 Å². The zero-order valence-electron chi connectivity index (χ0n) is 13.0. The third-order valence-electron chi connectivity index (χ3n) is 3.97. The lowest BCUT2D eigenvalue weighted by Gasteiger charge is -2.18. The molecule has 0 bridgehead atoms. The molecule has 2 amide bonds. The highest BCUT2D eigenvalue weighted by Crippen LogP contribution is 2.29. The van der Waals surface area contributed by atoms with Gasteiger partial charge in [0.25, 0.3) is 5.91 Å². The fourth-order valence-corrected chi connectivity index (χ4v) is 3.97. The lowest BCUT2D eigenvalue weighted by molar-refractivity contribution is -0.116. The van der Waals surface area contributed by atoms with Gasteiger partial charge in [-0.25, -0.2) is 0 Å². The van der Waals surface area contributed by atoms with E-state index in [9.17, 15) is 9.59 Å². The normalized spacial score (nSPS) is 13.1. The van der Waals surface area contributed by atoms with Crippen LogP contribution in [-0.2, 0) is 17.8 Å². The highest BCUT2D eigenvalue weighted by Gasteiger charge is 2.23. The van der Waals surface area contributed by atoms with Crippen LogP contribution in [0.5, 0.6) is 0 Å². The fourth-order valence-electron chi connectivity index (χ4n) is 2.82. The van der Waals surface area contributed by atoms with E-state index in [1.54, 1.807) is 29.8 Å². The monoisotopic (exact) mass is 348 g/mol. The second-order valence-electron chi connectivity index (χ2n) is 5.63. The summed E-state index contributed by atoms with van der Waals surface area (Å²) in [5, 5.41) is 0. The summed E-state index contributed by atoms with van der Waals surface area (Å²) in [5.74, 6) is 0.00751. The van der Waals surface area contributed by atoms with Gasteiger partial charge in [0.1, 0.15) is 0 Å². The Balaban J connectivity index is 1.77. The van der Waals surface area contributed by atoms with Gasteiger partial charge in [0.2, 0.25) is 5.91 Å². The molecule has 1 aromatic carbocycles. The minimum absolute atomic E-state index is 0.0291. The first-order chi connectivity index (χ1) is 11.0. The maximum absolute atomic E-state index is 12.6. The van der Waals surface area contributed by atoms with Crippen molar-refractivity contribution < 1.29 is 9.59 Å². The van der Waals surface area contributed by atoms with Crippen molar-refractivity contribution in [2.24, 2.45) is 0 Å². The SMILES string of the molecule is CC(=O)N1CCc2cc(C(=O)N(C)Cc3ccc(Cl)s3)ccc21. The summed E-state index contributed by atoms with van der Waals surface area (Å²) in [4.78, 5) is 28.7. The van der Waals surface area contributed by atoms with Gasteiger partial charge in [-0.05, 0) is 42.3 Å². The molecule has 2 heterocycles. The number of anilines is 1. The minimum atomic E-state index is -0.0291. The van der Waals surface area contributed by atoms with Crippen molar-refractivity contribution >= 4 is 40.4 Å². The molecular weight excluding hydrogens is 332 g/mol. The van der Waals surface area contributed by atoms with E-state index in [2.05, 4.69) is 0 Å². The molecule has 4 nitrogen and oxygen atoms in total. The summed E-state index contributed by atoms with van der Waals surface area (Å²) in [5.41, 5.74) is 2.62. The molecule has 0 N–H and O–H groups in total. The molecule has 0 radical (unpaired) electrons. The van der Waals surface area contributed by atoms with Crippen LogP contribution in [0.2, 0.25) is 4.34 Å². The van der Waals surface area contributed by atoms with E-state index in [0.717, 1.165) is 26.9 Å². The fraction of sp³-hybridized carbons (Fsp3) is 0.294. The van der Waals surface area contributed by atoms with Gasteiger partial charge in [-0.2, -0.15) is 0 Å². The summed E-state index contributed by atoms with van der Waals surface area (Å²) in [6, 6.07) is 9.33. The Morgan fingerprint density at radius 3 is 2.74 bits per heavy atom. The molecular formula is C17H17ClN2O2S. The number of rotatable bonds is 3. The van der Waals surface area contributed by atoms with Gasteiger partial charge in [0.15, 0.2) is 0 Å². The first kappa shape index (κ1) is 16.0. The first-order valence-corrected chi connectivity index (χ1v) is 8.56. The van der Waals surface area contributed by atoms with Gasteiger partial charge in [-0.3, -0.25) is 9.59 Å². The molecule has 0 atom stereocenters. The molecule has 0 aliphatic carbocycles. The average Bonchev–Trinajstić information content (AvgIpc) is 3.11. The van der Waals surface area contributed by atoms with Crippen LogP contribution >= 0.6 is 22.9 Å². The molecule has 1 aliphatic rings. The number of carbonyl (C=O) groups is 2. The van der Waals surface area contributed by atoms with E-state index in [4.69, 9.17) is 11.6 Å². The number of hydrogen-bond donors (Lipinski definition) is 0. The molecule has 0 fully saturated rings. The average molecular weight is 349 g/mol. The quantitative estimate of drug-likeness (QED) is 0.850. The number of thiophene rings is 1. The predicted octanol–water partition coefficient (Wildman–Crippen LogP) is 3.58. The van der Waals surface area contributed by atoms with Crippen LogP contribution in [0.25, 0.3) is 0 Å². The van der Waals surface area contributed by atoms with E-state index in [1.807, 2.05) is 24.3 Å². The maximum Gasteiger partial charge on any atom is 0.253 e. The molecule has 1 aromatic heterocycles. The van der Waals surface area contributed by atoms with Crippen LogP contribution < -0.4 is 4.90 Å². The smallest absolute Gasteiger partial charge is 0.253 e. The van der Waals surface area contributed by atoms with E-state index < -0.39 is 0 Å². The second kappa shape index (κ2) is 6.34. The van der Waals surface area contributed by atoms with Gasteiger partial charge in [-0.1, -0.05) is 11.6 Å². The summed E-state index contributed by atoms with van der Waals surface area (Å²) in [6.07, 6.45) is 0.792. The van der Waals surface area contributed by atoms with Crippen LogP contribution in [0.1, 0.15) is 27.7 Å². The van der Waals surface area contributed by atoms with Gasteiger partial charge >= 0.3 is 0 Å². The Kier molecular flexibility index (Phi) is 4.41. The number of fused-ring (bicyclic) bond motifs is 1. The van der Waals surface area contributed by atoms with Crippen molar-refractivity contribution in [1.29, 1.82) is 0 Å². The van der Waals surface area contributed by atoms with Gasteiger partial charge < -0.3 is 9.80 Å². The Morgan fingerprint density at radius 1 is 1.30 bits per heavy atom. The zero-order chi connectivity index (χ0) is 16.6. The highest BCUT2D eigenvalue weighted by molar-refractivity contribution is 7.16. The largest absolute Gasteiger partial charge is 0.337 e. The third-order valence-corrected chi connectivity index (χ3v) is 5.19. The van der Waals surface area contributed by atoms with Crippen molar-refractivity contribution in [3.8, 4) is 0 Å². The number of halogens is 1. The second-order valence-corrected chi connectivity index (χ2v) is 7.43. The number of carbonyl (C=O) groups excluding carboxylic acids is 2. The van der Waals surface area contributed by atoms with Gasteiger partial charge in [0.05, 0.1) is 10.9 Å². The zero-order valence-corrected chi connectivity index (χ0v) is 14.6. The molecule has 23 heavy (non-hydrogen) atoms. The molecule has 2 aromatic rings. The van der Waals surface area contributed by atoms with Crippen LogP contribution in [-0.4, -0.2) is 30.3 Å². The Hall–Kier alpha value is -1.85.